The molecule has 1 heterocycles. The van der Waals surface area contributed by atoms with Crippen molar-refractivity contribution >= 4 is 17.2 Å². The Bertz CT molecular complexity index is 379. The number of thiazole rings is 1. The van der Waals surface area contributed by atoms with Crippen LogP contribution in [-0.2, 0) is 16.6 Å². The van der Waals surface area contributed by atoms with Gasteiger partial charge in [-0.25, -0.2) is 4.98 Å². The van der Waals surface area contributed by atoms with Crippen LogP contribution >= 0.6 is 11.3 Å². The molecular weight excluding hydrogens is 234 g/mol. The monoisotopic (exact) mass is 255 g/mol. The SMILES string of the molecule is C[C@@H](N)C(=O)NCCc1csc(C(C)(C)C)n1. The predicted octanol–water partition coefficient (Wildman–Crippen LogP) is 1.45. The van der Waals surface area contributed by atoms with Crippen LogP contribution in [-0.4, -0.2) is 23.5 Å². The van der Waals surface area contributed by atoms with E-state index in [9.17, 15) is 4.79 Å². The number of carbonyl (C=O) groups is 1. The summed E-state index contributed by atoms with van der Waals surface area (Å²) >= 11 is 1.67. The predicted molar refractivity (Wildman–Crippen MR) is 71.2 cm³/mol. The zero-order chi connectivity index (χ0) is 13.1. The van der Waals surface area contributed by atoms with Crippen LogP contribution in [0.1, 0.15) is 38.4 Å². The van der Waals surface area contributed by atoms with Gasteiger partial charge in [0.15, 0.2) is 0 Å². The fourth-order valence-corrected chi connectivity index (χ4v) is 2.18. The van der Waals surface area contributed by atoms with E-state index in [4.69, 9.17) is 5.73 Å². The molecule has 0 bridgehead atoms. The minimum Gasteiger partial charge on any atom is -0.354 e. The molecule has 4 nitrogen and oxygen atoms in total. The van der Waals surface area contributed by atoms with Gasteiger partial charge < -0.3 is 11.1 Å². The Morgan fingerprint density at radius 3 is 2.71 bits per heavy atom. The molecule has 1 aromatic rings. The minimum atomic E-state index is -0.449. The third-order valence-electron chi connectivity index (χ3n) is 2.29. The van der Waals surface area contributed by atoms with E-state index in [1.807, 2.05) is 0 Å². The summed E-state index contributed by atoms with van der Waals surface area (Å²) in [5.74, 6) is -0.115. The highest BCUT2D eigenvalue weighted by Gasteiger charge is 2.17. The van der Waals surface area contributed by atoms with E-state index < -0.39 is 6.04 Å². The third-order valence-corrected chi connectivity index (χ3v) is 3.60. The number of amides is 1. The summed E-state index contributed by atoms with van der Waals surface area (Å²) in [6, 6.07) is -0.449. The molecule has 17 heavy (non-hydrogen) atoms. The van der Waals surface area contributed by atoms with Crippen LogP contribution in [0.25, 0.3) is 0 Å². The van der Waals surface area contributed by atoms with Gasteiger partial charge in [0.05, 0.1) is 16.7 Å². The van der Waals surface area contributed by atoms with Gasteiger partial charge in [-0.2, -0.15) is 0 Å². The van der Waals surface area contributed by atoms with Gasteiger partial charge in [0.2, 0.25) is 5.91 Å². The summed E-state index contributed by atoms with van der Waals surface area (Å²) in [6.07, 6.45) is 0.755. The summed E-state index contributed by atoms with van der Waals surface area (Å²) < 4.78 is 0. The van der Waals surface area contributed by atoms with Gasteiger partial charge in [-0.3, -0.25) is 4.79 Å². The number of carbonyl (C=O) groups excluding carboxylic acids is 1. The molecule has 0 saturated carbocycles. The first kappa shape index (κ1) is 14.1. The van der Waals surface area contributed by atoms with Crippen LogP contribution < -0.4 is 11.1 Å². The number of rotatable bonds is 4. The van der Waals surface area contributed by atoms with Gasteiger partial charge in [0.25, 0.3) is 0 Å². The van der Waals surface area contributed by atoms with Crippen LogP contribution in [0.2, 0.25) is 0 Å². The van der Waals surface area contributed by atoms with Crippen molar-refractivity contribution in [3.8, 4) is 0 Å². The summed E-state index contributed by atoms with van der Waals surface area (Å²) in [5.41, 5.74) is 6.58. The van der Waals surface area contributed by atoms with Gasteiger partial charge in [-0.05, 0) is 6.92 Å². The Labute approximate surface area is 107 Å². The van der Waals surface area contributed by atoms with E-state index in [2.05, 4.69) is 36.5 Å². The zero-order valence-electron chi connectivity index (χ0n) is 10.9. The molecule has 1 rings (SSSR count). The highest BCUT2D eigenvalue weighted by molar-refractivity contribution is 7.09. The van der Waals surface area contributed by atoms with Crippen LogP contribution in [0.4, 0.5) is 0 Å². The van der Waals surface area contributed by atoms with Crippen molar-refractivity contribution in [2.24, 2.45) is 5.73 Å². The van der Waals surface area contributed by atoms with Crippen molar-refractivity contribution in [1.29, 1.82) is 0 Å². The largest absolute Gasteiger partial charge is 0.354 e. The lowest BCUT2D eigenvalue weighted by molar-refractivity contribution is -0.121. The molecule has 0 aromatic carbocycles. The summed E-state index contributed by atoms with van der Waals surface area (Å²) in [5, 5.41) is 5.96. The Hall–Kier alpha value is -0.940. The molecule has 1 atom stereocenters. The molecule has 0 saturated heterocycles. The highest BCUT2D eigenvalue weighted by atomic mass is 32.1. The molecular formula is C12H21N3OS. The smallest absolute Gasteiger partial charge is 0.236 e. The summed E-state index contributed by atoms with van der Waals surface area (Å²) in [6.45, 7) is 8.71. The summed E-state index contributed by atoms with van der Waals surface area (Å²) in [7, 11) is 0. The molecule has 1 amide bonds. The second-order valence-corrected chi connectivity index (χ2v) is 6.08. The second-order valence-electron chi connectivity index (χ2n) is 5.22. The van der Waals surface area contributed by atoms with E-state index >= 15 is 0 Å². The maximum atomic E-state index is 11.2. The summed E-state index contributed by atoms with van der Waals surface area (Å²) in [4.78, 5) is 15.8. The van der Waals surface area contributed by atoms with Crippen molar-refractivity contribution in [3.63, 3.8) is 0 Å². The van der Waals surface area contributed by atoms with Gasteiger partial charge in [-0.15, -0.1) is 11.3 Å². The van der Waals surface area contributed by atoms with Gasteiger partial charge in [-0.1, -0.05) is 20.8 Å². The van der Waals surface area contributed by atoms with Crippen molar-refractivity contribution in [1.82, 2.24) is 10.3 Å². The minimum absolute atomic E-state index is 0.0952. The van der Waals surface area contributed by atoms with Crippen LogP contribution in [0, 0.1) is 0 Å². The quantitative estimate of drug-likeness (QED) is 0.855. The zero-order valence-corrected chi connectivity index (χ0v) is 11.7. The number of hydrogen-bond donors (Lipinski definition) is 2. The van der Waals surface area contributed by atoms with Crippen LogP contribution in [0.3, 0.4) is 0 Å². The normalized spacial score (nSPS) is 13.5. The molecule has 0 aliphatic heterocycles. The van der Waals surface area contributed by atoms with Gasteiger partial charge in [0, 0.05) is 23.8 Å². The Morgan fingerprint density at radius 2 is 2.24 bits per heavy atom. The van der Waals surface area contributed by atoms with Crippen molar-refractivity contribution in [3.05, 3.63) is 16.1 Å². The Kier molecular flexibility index (Phi) is 4.65. The molecule has 3 N–H and O–H groups in total. The first-order valence-corrected chi connectivity index (χ1v) is 6.67. The van der Waals surface area contributed by atoms with E-state index in [1.54, 1.807) is 18.3 Å². The maximum Gasteiger partial charge on any atom is 0.236 e. The van der Waals surface area contributed by atoms with E-state index in [0.29, 0.717) is 6.54 Å². The third kappa shape index (κ3) is 4.44. The fourth-order valence-electron chi connectivity index (χ4n) is 1.24. The highest BCUT2D eigenvalue weighted by Crippen LogP contribution is 2.25. The number of nitrogens with zero attached hydrogens (tertiary/aromatic N) is 1. The molecule has 96 valence electrons. The lowest BCUT2D eigenvalue weighted by Crippen LogP contribution is -2.39. The number of nitrogens with one attached hydrogen (secondary N) is 1. The first-order valence-electron chi connectivity index (χ1n) is 5.79. The van der Waals surface area contributed by atoms with E-state index in [1.165, 1.54) is 0 Å². The molecule has 0 radical (unpaired) electrons. The van der Waals surface area contributed by atoms with Crippen molar-refractivity contribution < 1.29 is 4.79 Å². The van der Waals surface area contributed by atoms with E-state index in [-0.39, 0.29) is 11.3 Å². The first-order chi connectivity index (χ1) is 7.80. The Balaban J connectivity index is 2.43. The lowest BCUT2D eigenvalue weighted by Gasteiger charge is -2.13. The molecule has 0 unspecified atom stereocenters. The van der Waals surface area contributed by atoms with Crippen LogP contribution in [0.5, 0.6) is 0 Å². The molecule has 0 aliphatic rings. The Morgan fingerprint density at radius 1 is 1.59 bits per heavy atom. The van der Waals surface area contributed by atoms with Gasteiger partial charge >= 0.3 is 0 Å². The fraction of sp³-hybridized carbons (Fsp3) is 0.667. The number of nitrogens with two attached hydrogens (primary N) is 1. The standard InChI is InChI=1S/C12H21N3OS/c1-8(13)10(16)14-6-5-9-7-17-11(15-9)12(2,3)4/h7-8H,5-6,13H2,1-4H3,(H,14,16)/t8-/m1/s1. The topological polar surface area (TPSA) is 68.0 Å². The number of hydrogen-bond acceptors (Lipinski definition) is 4. The second kappa shape index (κ2) is 5.60. The molecule has 1 aromatic heterocycles. The average molecular weight is 255 g/mol. The van der Waals surface area contributed by atoms with Gasteiger partial charge in [0.1, 0.15) is 0 Å². The molecule has 5 heteroatoms. The molecule has 0 spiro atoms. The lowest BCUT2D eigenvalue weighted by atomic mass is 9.98. The molecule has 0 fully saturated rings. The molecule has 0 aliphatic carbocycles. The number of aromatic nitrogens is 1. The van der Waals surface area contributed by atoms with E-state index in [0.717, 1.165) is 17.1 Å². The van der Waals surface area contributed by atoms with Crippen molar-refractivity contribution in [2.75, 3.05) is 6.54 Å². The van der Waals surface area contributed by atoms with Crippen LogP contribution in [0.15, 0.2) is 5.38 Å². The maximum absolute atomic E-state index is 11.2. The van der Waals surface area contributed by atoms with Crippen molar-refractivity contribution in [2.45, 2.75) is 45.6 Å². The average Bonchev–Trinajstić information content (AvgIpc) is 2.65.